The van der Waals surface area contributed by atoms with Gasteiger partial charge in [-0.05, 0) is 12.8 Å². The van der Waals surface area contributed by atoms with Crippen LogP contribution in [0.25, 0.3) is 0 Å². The molecule has 0 heterocycles. The van der Waals surface area contributed by atoms with E-state index in [0.717, 1.165) is 25.7 Å². The van der Waals surface area contributed by atoms with Crippen LogP contribution in [0.5, 0.6) is 0 Å². The molecule has 0 bridgehead atoms. The summed E-state index contributed by atoms with van der Waals surface area (Å²) in [6, 6.07) is 0. The molecule has 0 aromatic heterocycles. The van der Waals surface area contributed by atoms with Gasteiger partial charge < -0.3 is 9.68 Å². The van der Waals surface area contributed by atoms with Gasteiger partial charge in [-0.2, -0.15) is 0 Å². The maximum absolute atomic E-state index is 4.82. The van der Waals surface area contributed by atoms with Gasteiger partial charge in [0, 0.05) is 0 Å². The summed E-state index contributed by atoms with van der Waals surface area (Å²) in [5, 5.41) is 0. The van der Waals surface area contributed by atoms with Crippen LogP contribution in [0.1, 0.15) is 25.7 Å². The van der Waals surface area contributed by atoms with Crippen LogP contribution in [-0.2, 0) is 9.68 Å². The minimum atomic E-state index is 0. The van der Waals surface area contributed by atoms with Crippen LogP contribution in [-0.4, -0.2) is 13.2 Å². The van der Waals surface area contributed by atoms with Gasteiger partial charge in [-0.25, -0.2) is 11.8 Å². The van der Waals surface area contributed by atoms with E-state index in [1.54, 1.807) is 0 Å². The van der Waals surface area contributed by atoms with E-state index in [0.29, 0.717) is 13.2 Å². The van der Waals surface area contributed by atoms with Gasteiger partial charge in [0.2, 0.25) is 0 Å². The number of nitrogens with two attached hydrogens (primary N) is 2. The number of halogens is 1. The number of unbranched alkanes of at least 4 members (excludes halogenated alkanes) is 3. The predicted molar refractivity (Wildman–Crippen MR) is 49.1 cm³/mol. The summed E-state index contributed by atoms with van der Waals surface area (Å²) in [6.45, 7) is 1.28. The minimum absolute atomic E-state index is 0. The van der Waals surface area contributed by atoms with Gasteiger partial charge in [-0.1, -0.05) is 12.8 Å². The minimum Gasteiger partial charge on any atom is -0.305 e. The fourth-order valence-electron chi connectivity index (χ4n) is 0.724. The lowest BCUT2D eigenvalue weighted by atomic mass is 10.2. The molecule has 0 spiro atoms. The van der Waals surface area contributed by atoms with Crippen LogP contribution in [0.3, 0.4) is 0 Å². The van der Waals surface area contributed by atoms with E-state index >= 15 is 0 Å². The lowest BCUT2D eigenvalue weighted by Gasteiger charge is -1.98. The zero-order valence-corrected chi connectivity index (χ0v) is 8.34. The van der Waals surface area contributed by atoms with Crippen molar-refractivity contribution >= 4 is 17.0 Å². The Morgan fingerprint density at radius 3 is 1.36 bits per heavy atom. The molecule has 0 aromatic rings. The summed E-state index contributed by atoms with van der Waals surface area (Å²) in [5.74, 6) is 9.65. The van der Waals surface area contributed by atoms with Gasteiger partial charge in [0.1, 0.15) is 0 Å². The zero-order valence-electron chi connectivity index (χ0n) is 6.62. The van der Waals surface area contributed by atoms with Gasteiger partial charge in [0.05, 0.1) is 13.2 Å². The smallest absolute Gasteiger partial charge is 0.0679 e. The van der Waals surface area contributed by atoms with Crippen molar-refractivity contribution < 1.29 is 9.68 Å². The Hall–Kier alpha value is 0.320. The third-order valence-electron chi connectivity index (χ3n) is 1.27. The molecule has 0 amide bonds. The van der Waals surface area contributed by atoms with E-state index in [2.05, 4.69) is 9.68 Å². The molecule has 0 saturated heterocycles. The Kier molecular flexibility index (Phi) is 16.3. The maximum atomic E-state index is 4.82. The van der Waals surface area contributed by atoms with E-state index in [1.807, 2.05) is 0 Å². The topological polar surface area (TPSA) is 70.5 Å². The molecule has 0 aliphatic heterocycles. The normalized spacial score (nSPS) is 9.27. The number of rotatable bonds is 7. The highest BCUT2D eigenvalue weighted by atomic mass is 79.9. The van der Waals surface area contributed by atoms with Crippen molar-refractivity contribution in [1.29, 1.82) is 0 Å². The second-order valence-electron chi connectivity index (χ2n) is 2.16. The van der Waals surface area contributed by atoms with Crippen molar-refractivity contribution in [2.75, 3.05) is 13.2 Å². The highest BCUT2D eigenvalue weighted by molar-refractivity contribution is 8.93. The Morgan fingerprint density at radius 2 is 1.09 bits per heavy atom. The molecule has 0 atom stereocenters. The molecule has 4 N–H and O–H groups in total. The van der Waals surface area contributed by atoms with Crippen molar-refractivity contribution in [3.8, 4) is 0 Å². The molecule has 70 valence electrons. The third kappa shape index (κ3) is 13.3. The highest BCUT2D eigenvalue weighted by Gasteiger charge is 1.88. The second kappa shape index (κ2) is 12.9. The quantitative estimate of drug-likeness (QED) is 0.502. The van der Waals surface area contributed by atoms with E-state index in [4.69, 9.17) is 11.8 Å². The Bertz CT molecular complexity index is 58.5. The van der Waals surface area contributed by atoms with Crippen LogP contribution in [0.4, 0.5) is 0 Å². The molecular formula is C6H17BrN2O2. The number of hydrogen-bond donors (Lipinski definition) is 2. The lowest BCUT2D eigenvalue weighted by molar-refractivity contribution is 0.124. The monoisotopic (exact) mass is 228 g/mol. The molecular weight excluding hydrogens is 212 g/mol. The predicted octanol–water partition coefficient (Wildman–Crippen LogP) is 0.905. The van der Waals surface area contributed by atoms with Crippen molar-refractivity contribution in [3.63, 3.8) is 0 Å². The van der Waals surface area contributed by atoms with Gasteiger partial charge in [0.15, 0.2) is 0 Å². The van der Waals surface area contributed by atoms with Crippen LogP contribution in [0.15, 0.2) is 0 Å². The zero-order chi connectivity index (χ0) is 7.66. The fourth-order valence-corrected chi connectivity index (χ4v) is 0.724. The van der Waals surface area contributed by atoms with Crippen molar-refractivity contribution in [2.45, 2.75) is 25.7 Å². The van der Waals surface area contributed by atoms with Gasteiger partial charge in [-0.3, -0.25) is 0 Å². The summed E-state index contributed by atoms with van der Waals surface area (Å²) < 4.78 is 0. The van der Waals surface area contributed by atoms with Crippen LogP contribution in [0, 0.1) is 0 Å². The Labute approximate surface area is 77.9 Å². The molecule has 4 nitrogen and oxygen atoms in total. The van der Waals surface area contributed by atoms with Gasteiger partial charge in [-0.15, -0.1) is 17.0 Å². The molecule has 0 aliphatic rings. The van der Waals surface area contributed by atoms with Gasteiger partial charge in [0.25, 0.3) is 0 Å². The van der Waals surface area contributed by atoms with Crippen LogP contribution >= 0.6 is 17.0 Å². The molecule has 0 rings (SSSR count). The number of hydrogen-bond acceptors (Lipinski definition) is 4. The highest BCUT2D eigenvalue weighted by Crippen LogP contribution is 1.98. The Balaban J connectivity index is 0. The fraction of sp³-hybridized carbons (Fsp3) is 1.00. The van der Waals surface area contributed by atoms with E-state index in [1.165, 1.54) is 0 Å². The van der Waals surface area contributed by atoms with Crippen LogP contribution in [0.2, 0.25) is 0 Å². The molecule has 0 saturated carbocycles. The Morgan fingerprint density at radius 1 is 0.727 bits per heavy atom. The van der Waals surface area contributed by atoms with Crippen molar-refractivity contribution in [2.24, 2.45) is 11.8 Å². The van der Waals surface area contributed by atoms with E-state index < -0.39 is 0 Å². The first kappa shape index (κ1) is 13.9. The third-order valence-corrected chi connectivity index (χ3v) is 1.27. The van der Waals surface area contributed by atoms with E-state index in [-0.39, 0.29) is 17.0 Å². The van der Waals surface area contributed by atoms with Crippen molar-refractivity contribution in [3.05, 3.63) is 0 Å². The summed E-state index contributed by atoms with van der Waals surface area (Å²) in [4.78, 5) is 8.78. The first-order valence-electron chi connectivity index (χ1n) is 3.55. The first-order valence-corrected chi connectivity index (χ1v) is 3.55. The maximum Gasteiger partial charge on any atom is 0.0679 e. The second-order valence-corrected chi connectivity index (χ2v) is 2.16. The van der Waals surface area contributed by atoms with E-state index in [9.17, 15) is 0 Å². The van der Waals surface area contributed by atoms with Crippen molar-refractivity contribution in [1.82, 2.24) is 0 Å². The first-order chi connectivity index (χ1) is 4.91. The van der Waals surface area contributed by atoms with Crippen LogP contribution < -0.4 is 11.8 Å². The summed E-state index contributed by atoms with van der Waals surface area (Å²) in [5.41, 5.74) is 0. The van der Waals surface area contributed by atoms with Gasteiger partial charge >= 0.3 is 0 Å². The average Bonchev–Trinajstić information content (AvgIpc) is 1.97. The molecule has 0 aromatic carbocycles. The summed E-state index contributed by atoms with van der Waals surface area (Å²) in [6.07, 6.45) is 4.28. The molecule has 5 heteroatoms. The molecule has 0 fully saturated rings. The lowest BCUT2D eigenvalue weighted by Crippen LogP contribution is -2.02. The molecule has 0 radical (unpaired) electrons. The summed E-state index contributed by atoms with van der Waals surface area (Å²) >= 11 is 0. The average molecular weight is 229 g/mol. The molecule has 0 aliphatic carbocycles. The SMILES string of the molecule is Br.NOCCCCCCON. The largest absolute Gasteiger partial charge is 0.305 e. The molecule has 0 unspecified atom stereocenters. The molecule has 11 heavy (non-hydrogen) atoms. The standard InChI is InChI=1S/C6H16N2O2.BrH/c7-9-5-3-1-2-4-6-10-8;/h1-8H2;1H. The summed E-state index contributed by atoms with van der Waals surface area (Å²) in [7, 11) is 0.